The van der Waals surface area contributed by atoms with E-state index in [2.05, 4.69) is 114 Å². The Labute approximate surface area is 227 Å². The summed E-state index contributed by atoms with van der Waals surface area (Å²) >= 11 is 3.68. The van der Waals surface area contributed by atoms with Crippen LogP contribution in [-0.2, 0) is 11.8 Å². The van der Waals surface area contributed by atoms with Gasteiger partial charge < -0.3 is 0 Å². The monoisotopic (exact) mass is 519 g/mol. The molecule has 0 amide bonds. The van der Waals surface area contributed by atoms with Crippen molar-refractivity contribution in [2.75, 3.05) is 0 Å². The van der Waals surface area contributed by atoms with Gasteiger partial charge in [0.25, 0.3) is 0 Å². The smallest absolute Gasteiger partial charge is 0.124 e. The number of aromatic nitrogens is 1. The van der Waals surface area contributed by atoms with Gasteiger partial charge in [-0.15, -0.1) is 22.7 Å². The SMILES string of the molecule is Cc1c(CC(C)C)sc2ccc(-c3cc(-c4cc(C(C)(C)C)c5ccccc5c4)nc4sccc34)cc12. The van der Waals surface area contributed by atoms with E-state index >= 15 is 0 Å². The second kappa shape index (κ2) is 9.08. The topological polar surface area (TPSA) is 12.9 Å². The molecule has 0 saturated carbocycles. The molecule has 0 radical (unpaired) electrons. The van der Waals surface area contributed by atoms with Crippen molar-refractivity contribution in [1.82, 2.24) is 4.98 Å². The van der Waals surface area contributed by atoms with E-state index in [4.69, 9.17) is 4.98 Å². The Kier molecular flexibility index (Phi) is 5.97. The predicted molar refractivity (Wildman–Crippen MR) is 165 cm³/mol. The summed E-state index contributed by atoms with van der Waals surface area (Å²) in [5, 5.41) is 7.39. The van der Waals surface area contributed by atoms with Crippen molar-refractivity contribution in [1.29, 1.82) is 0 Å². The van der Waals surface area contributed by atoms with Crippen LogP contribution in [0, 0.1) is 12.8 Å². The number of rotatable bonds is 4. The number of hydrogen-bond acceptors (Lipinski definition) is 3. The summed E-state index contributed by atoms with van der Waals surface area (Å²) < 4.78 is 1.39. The standard InChI is InChI=1S/C34H33NS2/c1-20(2)15-32-21(3)27-17-23(11-12-31(27)37-32)28-19-30(35-33-26(28)13-14-36-33)24-16-22-9-7-8-10-25(22)29(18-24)34(4,5)6/h7-14,16-20H,15H2,1-6H3. The molecular weight excluding hydrogens is 487 g/mol. The molecule has 6 aromatic rings. The van der Waals surface area contributed by atoms with Crippen molar-refractivity contribution in [2.45, 2.75) is 53.4 Å². The number of hydrogen-bond donors (Lipinski definition) is 0. The molecule has 3 heterocycles. The summed E-state index contributed by atoms with van der Waals surface area (Å²) in [5.74, 6) is 0.666. The first kappa shape index (κ1) is 24.3. The predicted octanol–water partition coefficient (Wildman–Crippen LogP) is 10.8. The van der Waals surface area contributed by atoms with Crippen LogP contribution in [0.2, 0.25) is 0 Å². The van der Waals surface area contributed by atoms with E-state index < -0.39 is 0 Å². The molecule has 3 aromatic carbocycles. The highest BCUT2D eigenvalue weighted by Crippen LogP contribution is 2.40. The first-order chi connectivity index (χ1) is 17.7. The van der Waals surface area contributed by atoms with Crippen LogP contribution in [-0.4, -0.2) is 4.98 Å². The Morgan fingerprint density at radius 1 is 0.838 bits per heavy atom. The Hall–Kier alpha value is -3.01. The summed E-state index contributed by atoms with van der Waals surface area (Å²) in [4.78, 5) is 7.77. The van der Waals surface area contributed by atoms with Gasteiger partial charge in [-0.25, -0.2) is 4.98 Å². The molecule has 0 fully saturated rings. The molecule has 186 valence electrons. The second-order valence-electron chi connectivity index (χ2n) is 11.6. The molecule has 1 nitrogen and oxygen atoms in total. The fourth-order valence-corrected chi connectivity index (χ4v) is 7.61. The average molecular weight is 520 g/mol. The van der Waals surface area contributed by atoms with E-state index in [9.17, 15) is 0 Å². The number of pyridine rings is 1. The zero-order valence-corrected chi connectivity index (χ0v) is 24.1. The van der Waals surface area contributed by atoms with Crippen molar-refractivity contribution in [3.63, 3.8) is 0 Å². The van der Waals surface area contributed by atoms with Crippen LogP contribution >= 0.6 is 22.7 Å². The molecule has 0 N–H and O–H groups in total. The lowest BCUT2D eigenvalue weighted by Crippen LogP contribution is -2.12. The van der Waals surface area contributed by atoms with Gasteiger partial charge in [0.05, 0.1) is 5.69 Å². The van der Waals surface area contributed by atoms with Gasteiger partial charge in [0.2, 0.25) is 0 Å². The van der Waals surface area contributed by atoms with Crippen LogP contribution in [0.4, 0.5) is 0 Å². The molecule has 3 heteroatoms. The van der Waals surface area contributed by atoms with Gasteiger partial charge in [-0.3, -0.25) is 0 Å². The van der Waals surface area contributed by atoms with Crippen molar-refractivity contribution in [3.8, 4) is 22.4 Å². The maximum atomic E-state index is 5.16. The van der Waals surface area contributed by atoms with Crippen molar-refractivity contribution >= 4 is 53.7 Å². The highest BCUT2D eigenvalue weighted by Gasteiger charge is 2.20. The van der Waals surface area contributed by atoms with Crippen molar-refractivity contribution in [2.24, 2.45) is 5.92 Å². The minimum absolute atomic E-state index is 0.0423. The fraction of sp³-hybridized carbons (Fsp3) is 0.265. The summed E-state index contributed by atoms with van der Waals surface area (Å²) in [7, 11) is 0. The molecule has 0 aliphatic rings. The van der Waals surface area contributed by atoms with Gasteiger partial charge in [0.15, 0.2) is 0 Å². The van der Waals surface area contributed by atoms with Gasteiger partial charge in [-0.1, -0.05) is 65.0 Å². The Bertz CT molecular complexity index is 1780. The summed E-state index contributed by atoms with van der Waals surface area (Å²) in [6.07, 6.45) is 1.15. The van der Waals surface area contributed by atoms with E-state index in [1.54, 1.807) is 11.3 Å². The van der Waals surface area contributed by atoms with Crippen LogP contribution in [0.15, 0.2) is 72.1 Å². The van der Waals surface area contributed by atoms with Crippen LogP contribution in [0.25, 0.3) is 53.5 Å². The normalized spacial score (nSPS) is 12.4. The highest BCUT2D eigenvalue weighted by atomic mass is 32.1. The number of thiophene rings is 2. The lowest BCUT2D eigenvalue weighted by atomic mass is 9.82. The molecule has 0 unspecified atom stereocenters. The van der Waals surface area contributed by atoms with Gasteiger partial charge in [-0.2, -0.15) is 0 Å². The Morgan fingerprint density at radius 2 is 1.65 bits per heavy atom. The Morgan fingerprint density at radius 3 is 2.43 bits per heavy atom. The summed E-state index contributed by atoms with van der Waals surface area (Å²) in [5.41, 5.74) is 7.62. The first-order valence-electron chi connectivity index (χ1n) is 13.1. The number of fused-ring (bicyclic) bond motifs is 3. The zero-order chi connectivity index (χ0) is 25.9. The number of benzene rings is 3. The van der Waals surface area contributed by atoms with E-state index in [1.807, 2.05) is 11.3 Å². The third-order valence-electron chi connectivity index (χ3n) is 7.34. The molecule has 0 aliphatic carbocycles. The molecule has 0 saturated heterocycles. The molecule has 0 atom stereocenters. The highest BCUT2D eigenvalue weighted by molar-refractivity contribution is 7.19. The first-order valence-corrected chi connectivity index (χ1v) is 14.8. The molecule has 6 rings (SSSR count). The van der Waals surface area contributed by atoms with Crippen molar-refractivity contribution < 1.29 is 0 Å². The van der Waals surface area contributed by atoms with E-state index in [0.717, 1.165) is 16.9 Å². The van der Waals surface area contributed by atoms with Crippen LogP contribution in [0.1, 0.15) is 50.6 Å². The second-order valence-corrected chi connectivity index (χ2v) is 13.7. The van der Waals surface area contributed by atoms with E-state index in [-0.39, 0.29) is 5.41 Å². The average Bonchev–Trinajstić information content (AvgIpc) is 3.46. The number of nitrogens with zero attached hydrogens (tertiary/aromatic N) is 1. The van der Waals surface area contributed by atoms with E-state index in [1.165, 1.54) is 58.9 Å². The van der Waals surface area contributed by atoms with Crippen molar-refractivity contribution in [3.05, 3.63) is 88.1 Å². The minimum Gasteiger partial charge on any atom is -0.237 e. The van der Waals surface area contributed by atoms with Crippen LogP contribution < -0.4 is 0 Å². The van der Waals surface area contributed by atoms with Crippen LogP contribution in [0.5, 0.6) is 0 Å². The molecule has 0 aliphatic heterocycles. The van der Waals surface area contributed by atoms with Gasteiger partial charge in [-0.05, 0) is 105 Å². The molecule has 0 bridgehead atoms. The third kappa shape index (κ3) is 4.39. The van der Waals surface area contributed by atoms with Gasteiger partial charge >= 0.3 is 0 Å². The third-order valence-corrected chi connectivity index (χ3v) is 9.45. The lowest BCUT2D eigenvalue weighted by Gasteiger charge is -2.23. The summed E-state index contributed by atoms with van der Waals surface area (Å²) in [6.45, 7) is 13.8. The molecule has 3 aromatic heterocycles. The summed E-state index contributed by atoms with van der Waals surface area (Å²) in [6, 6.07) is 25.0. The quantitative estimate of drug-likeness (QED) is 0.226. The Balaban J connectivity index is 1.55. The fourth-order valence-electron chi connectivity index (χ4n) is 5.42. The number of aryl methyl sites for hydroxylation is 1. The zero-order valence-electron chi connectivity index (χ0n) is 22.5. The molecule has 37 heavy (non-hydrogen) atoms. The van der Waals surface area contributed by atoms with E-state index in [0.29, 0.717) is 5.92 Å². The minimum atomic E-state index is 0.0423. The molecular formula is C34H33NS2. The van der Waals surface area contributed by atoms with Crippen LogP contribution in [0.3, 0.4) is 0 Å². The maximum Gasteiger partial charge on any atom is 0.124 e. The maximum absolute atomic E-state index is 5.16. The largest absolute Gasteiger partial charge is 0.237 e. The van der Waals surface area contributed by atoms with Gasteiger partial charge in [0.1, 0.15) is 4.83 Å². The van der Waals surface area contributed by atoms with Gasteiger partial charge in [0, 0.05) is 20.5 Å². The lowest BCUT2D eigenvalue weighted by molar-refractivity contribution is 0.596. The molecule has 0 spiro atoms.